The maximum Gasteiger partial charge on any atom is 0.387 e. The average Bonchev–Trinajstić information content (AvgIpc) is 2.19. The van der Waals surface area contributed by atoms with Crippen molar-refractivity contribution in [3.8, 4) is 5.75 Å². The molecule has 0 spiro atoms. The second-order valence-electron chi connectivity index (χ2n) is 2.93. The second-order valence-corrected chi connectivity index (χ2v) is 2.93. The molecule has 0 fully saturated rings. The average molecular weight is 212 g/mol. The zero-order valence-electron chi connectivity index (χ0n) is 8.17. The molecule has 0 bridgehead atoms. The van der Waals surface area contributed by atoms with Crippen LogP contribution in [0.1, 0.15) is 15.9 Å². The van der Waals surface area contributed by atoms with Crippen LogP contribution in [0.2, 0.25) is 0 Å². The number of carbonyl (C=O) groups is 1. The van der Waals surface area contributed by atoms with Crippen LogP contribution < -0.4 is 4.74 Å². The van der Waals surface area contributed by atoms with Gasteiger partial charge in [-0.15, -0.1) is 0 Å². The topological polar surface area (TPSA) is 26.3 Å². The molecule has 0 amide bonds. The molecular formula is C11H10F2O2. The first-order valence-corrected chi connectivity index (χ1v) is 4.27. The fourth-order valence-electron chi connectivity index (χ4n) is 1.09. The summed E-state index contributed by atoms with van der Waals surface area (Å²) in [6.45, 7) is 2.05. The van der Waals surface area contributed by atoms with E-state index in [2.05, 4.69) is 11.3 Å². The maximum atomic E-state index is 12.0. The Balaban J connectivity index is 3.04. The minimum absolute atomic E-state index is 0.0118. The van der Waals surface area contributed by atoms with Crippen LogP contribution in [0.25, 0.3) is 0 Å². The van der Waals surface area contributed by atoms with Gasteiger partial charge in [0.25, 0.3) is 0 Å². The largest absolute Gasteiger partial charge is 0.435 e. The minimum atomic E-state index is -2.89. The number of halogens is 2. The lowest BCUT2D eigenvalue weighted by molar-refractivity contribution is -0.0503. The molecule has 0 saturated carbocycles. The first kappa shape index (κ1) is 11.4. The van der Waals surface area contributed by atoms with E-state index in [4.69, 9.17) is 0 Å². The molecule has 0 aromatic heterocycles. The van der Waals surface area contributed by atoms with Crippen molar-refractivity contribution in [2.75, 3.05) is 0 Å². The summed E-state index contributed by atoms with van der Waals surface area (Å²) < 4.78 is 28.2. The first-order chi connectivity index (χ1) is 7.04. The van der Waals surface area contributed by atoms with E-state index >= 15 is 0 Å². The van der Waals surface area contributed by atoms with Crippen LogP contribution in [0.5, 0.6) is 5.75 Å². The number of rotatable bonds is 4. The summed E-state index contributed by atoms with van der Waals surface area (Å²) in [4.78, 5) is 11.2. The highest BCUT2D eigenvalue weighted by Crippen LogP contribution is 2.21. The Bertz CT molecular complexity index is 386. The number of allylic oxidation sites excluding steroid dienone is 1. The highest BCUT2D eigenvalue weighted by atomic mass is 19.3. The van der Waals surface area contributed by atoms with Gasteiger partial charge in [0, 0.05) is 5.56 Å². The van der Waals surface area contributed by atoms with Crippen LogP contribution >= 0.6 is 0 Å². The van der Waals surface area contributed by atoms with Gasteiger partial charge in [-0.3, -0.25) is 4.79 Å². The summed E-state index contributed by atoms with van der Waals surface area (Å²) in [5.41, 5.74) is 0.835. The van der Waals surface area contributed by atoms with Crippen molar-refractivity contribution in [3.63, 3.8) is 0 Å². The summed E-state index contributed by atoms with van der Waals surface area (Å²) in [6, 6.07) is 4.37. The quantitative estimate of drug-likeness (QED) is 0.566. The standard InChI is InChI=1S/C11H10F2O2/c1-3-9(14)8-5-4-7(2)10(6-8)15-11(12)13/h3-6,11H,1H2,2H3. The van der Waals surface area contributed by atoms with Crippen LogP contribution in [-0.4, -0.2) is 12.4 Å². The summed E-state index contributed by atoms with van der Waals surface area (Å²) in [6.07, 6.45) is 1.12. The smallest absolute Gasteiger partial charge is 0.387 e. The molecule has 15 heavy (non-hydrogen) atoms. The molecule has 0 saturated heterocycles. The number of ketones is 1. The highest BCUT2D eigenvalue weighted by molar-refractivity contribution is 6.04. The Labute approximate surface area is 86.2 Å². The van der Waals surface area contributed by atoms with E-state index < -0.39 is 6.61 Å². The molecule has 0 aliphatic carbocycles. The number of hydrogen-bond acceptors (Lipinski definition) is 2. The van der Waals surface area contributed by atoms with Gasteiger partial charge in [0.1, 0.15) is 5.75 Å². The van der Waals surface area contributed by atoms with Gasteiger partial charge < -0.3 is 4.74 Å². The zero-order valence-corrected chi connectivity index (χ0v) is 8.17. The molecule has 0 aliphatic heterocycles. The molecule has 0 radical (unpaired) electrons. The van der Waals surface area contributed by atoms with Crippen molar-refractivity contribution >= 4 is 5.78 Å². The minimum Gasteiger partial charge on any atom is -0.435 e. The summed E-state index contributed by atoms with van der Waals surface area (Å²) in [5.74, 6) is -0.313. The van der Waals surface area contributed by atoms with E-state index in [0.717, 1.165) is 6.08 Å². The Morgan fingerprint density at radius 2 is 2.20 bits per heavy atom. The molecule has 0 heterocycles. The van der Waals surface area contributed by atoms with Gasteiger partial charge >= 0.3 is 6.61 Å². The first-order valence-electron chi connectivity index (χ1n) is 4.27. The lowest BCUT2D eigenvalue weighted by Gasteiger charge is -2.08. The molecule has 2 nitrogen and oxygen atoms in total. The molecule has 0 atom stereocenters. The predicted molar refractivity (Wildman–Crippen MR) is 52.3 cm³/mol. The Morgan fingerprint density at radius 1 is 1.53 bits per heavy atom. The van der Waals surface area contributed by atoms with Gasteiger partial charge in [-0.2, -0.15) is 8.78 Å². The Kier molecular flexibility index (Phi) is 3.55. The Morgan fingerprint density at radius 3 is 2.73 bits per heavy atom. The normalized spacial score (nSPS) is 10.1. The lowest BCUT2D eigenvalue weighted by atomic mass is 10.1. The van der Waals surface area contributed by atoms with Crippen LogP contribution in [0, 0.1) is 6.92 Å². The van der Waals surface area contributed by atoms with Gasteiger partial charge in [0.2, 0.25) is 0 Å². The maximum absolute atomic E-state index is 12.0. The lowest BCUT2D eigenvalue weighted by Crippen LogP contribution is -2.04. The summed E-state index contributed by atoms with van der Waals surface area (Å²) >= 11 is 0. The molecule has 1 aromatic rings. The Hall–Kier alpha value is -1.71. The molecule has 4 heteroatoms. The van der Waals surface area contributed by atoms with Crippen molar-refractivity contribution in [1.82, 2.24) is 0 Å². The number of aryl methyl sites for hydroxylation is 1. The van der Waals surface area contributed by atoms with E-state index in [1.165, 1.54) is 12.1 Å². The molecular weight excluding hydrogens is 202 g/mol. The zero-order chi connectivity index (χ0) is 11.4. The van der Waals surface area contributed by atoms with E-state index in [0.29, 0.717) is 5.56 Å². The van der Waals surface area contributed by atoms with E-state index in [1.807, 2.05) is 0 Å². The molecule has 0 N–H and O–H groups in total. The number of hydrogen-bond donors (Lipinski definition) is 0. The fraction of sp³-hybridized carbons (Fsp3) is 0.182. The van der Waals surface area contributed by atoms with Crippen molar-refractivity contribution in [2.24, 2.45) is 0 Å². The van der Waals surface area contributed by atoms with E-state index in [1.54, 1.807) is 13.0 Å². The second kappa shape index (κ2) is 4.68. The van der Waals surface area contributed by atoms with Crippen molar-refractivity contribution < 1.29 is 18.3 Å². The third kappa shape index (κ3) is 2.87. The molecule has 1 rings (SSSR count). The predicted octanol–water partition coefficient (Wildman–Crippen LogP) is 2.97. The van der Waals surface area contributed by atoms with Crippen molar-refractivity contribution in [3.05, 3.63) is 42.0 Å². The summed E-state index contributed by atoms with van der Waals surface area (Å²) in [7, 11) is 0. The van der Waals surface area contributed by atoms with Crippen molar-refractivity contribution in [2.45, 2.75) is 13.5 Å². The number of carbonyl (C=O) groups excluding carboxylic acids is 1. The van der Waals surface area contributed by atoms with Gasteiger partial charge in [-0.25, -0.2) is 0 Å². The van der Waals surface area contributed by atoms with Crippen molar-refractivity contribution in [1.29, 1.82) is 0 Å². The van der Waals surface area contributed by atoms with Gasteiger partial charge in [-0.1, -0.05) is 18.7 Å². The third-order valence-corrected chi connectivity index (χ3v) is 1.87. The highest BCUT2D eigenvalue weighted by Gasteiger charge is 2.10. The molecule has 80 valence electrons. The monoisotopic (exact) mass is 212 g/mol. The van der Waals surface area contributed by atoms with Crippen LogP contribution in [-0.2, 0) is 0 Å². The third-order valence-electron chi connectivity index (χ3n) is 1.87. The van der Waals surface area contributed by atoms with E-state index in [-0.39, 0.29) is 17.1 Å². The molecule has 0 unspecified atom stereocenters. The van der Waals surface area contributed by atoms with Crippen LogP contribution in [0.4, 0.5) is 8.78 Å². The summed E-state index contributed by atoms with van der Waals surface area (Å²) in [5, 5.41) is 0. The fourth-order valence-corrected chi connectivity index (χ4v) is 1.09. The van der Waals surface area contributed by atoms with E-state index in [9.17, 15) is 13.6 Å². The number of benzene rings is 1. The van der Waals surface area contributed by atoms with Gasteiger partial charge in [0.15, 0.2) is 5.78 Å². The number of ether oxygens (including phenoxy) is 1. The van der Waals surface area contributed by atoms with Gasteiger partial charge in [0.05, 0.1) is 0 Å². The van der Waals surface area contributed by atoms with Crippen LogP contribution in [0.15, 0.2) is 30.9 Å². The van der Waals surface area contributed by atoms with Gasteiger partial charge in [-0.05, 0) is 24.6 Å². The SMILES string of the molecule is C=CC(=O)c1ccc(C)c(OC(F)F)c1. The molecule has 1 aromatic carbocycles. The van der Waals surface area contributed by atoms with Crippen LogP contribution in [0.3, 0.4) is 0 Å². The number of alkyl halides is 2. The molecule has 0 aliphatic rings.